The second kappa shape index (κ2) is 8.39. The first kappa shape index (κ1) is 23.9. The van der Waals surface area contributed by atoms with Gasteiger partial charge in [-0.15, -0.1) is 0 Å². The molecule has 5 nitrogen and oxygen atoms in total. The lowest BCUT2D eigenvalue weighted by atomic mass is 9.48. The summed E-state index contributed by atoms with van der Waals surface area (Å²) in [6.07, 6.45) is 4.21. The zero-order valence-electron chi connectivity index (χ0n) is 21.5. The van der Waals surface area contributed by atoms with Crippen LogP contribution in [0.2, 0.25) is 0 Å². The van der Waals surface area contributed by atoms with Crippen LogP contribution in [0.15, 0.2) is 42.5 Å². The Hall–Kier alpha value is -2.82. The Morgan fingerprint density at radius 3 is 2.40 bits per heavy atom. The highest BCUT2D eigenvalue weighted by molar-refractivity contribution is 5.89. The van der Waals surface area contributed by atoms with Crippen LogP contribution in [0.5, 0.6) is 5.75 Å². The van der Waals surface area contributed by atoms with E-state index >= 15 is 0 Å². The number of aromatic hydroxyl groups is 1. The number of phenols is 1. The van der Waals surface area contributed by atoms with Crippen molar-refractivity contribution in [1.29, 1.82) is 0 Å². The Kier molecular flexibility index (Phi) is 5.73. The minimum Gasteiger partial charge on any atom is -0.508 e. The summed E-state index contributed by atoms with van der Waals surface area (Å²) >= 11 is 0. The maximum absolute atomic E-state index is 13.2. The van der Waals surface area contributed by atoms with Gasteiger partial charge in [0.15, 0.2) is 11.4 Å². The highest BCUT2D eigenvalue weighted by atomic mass is 16.6. The average molecular weight is 476 g/mol. The van der Waals surface area contributed by atoms with Crippen LogP contribution in [0.4, 0.5) is 5.69 Å². The van der Waals surface area contributed by atoms with Crippen molar-refractivity contribution < 1.29 is 19.4 Å². The number of phenolic OH excluding ortho intramolecular Hbond substituents is 1. The minimum atomic E-state index is -1.06. The minimum absolute atomic E-state index is 0.0287. The van der Waals surface area contributed by atoms with Gasteiger partial charge >= 0.3 is 5.97 Å². The Morgan fingerprint density at radius 2 is 1.77 bits per heavy atom. The van der Waals surface area contributed by atoms with Gasteiger partial charge in [0, 0.05) is 32.1 Å². The molecule has 5 heteroatoms. The first-order valence-corrected chi connectivity index (χ1v) is 12.9. The number of esters is 1. The summed E-state index contributed by atoms with van der Waals surface area (Å²) in [6.45, 7) is 5.23. The number of carbonyl (C=O) groups excluding carboxylic acids is 2. The van der Waals surface area contributed by atoms with Crippen molar-refractivity contribution in [1.82, 2.24) is 0 Å². The molecule has 35 heavy (non-hydrogen) atoms. The van der Waals surface area contributed by atoms with Crippen molar-refractivity contribution in [3.05, 3.63) is 59.2 Å². The zero-order chi connectivity index (χ0) is 25.1. The van der Waals surface area contributed by atoms with Crippen molar-refractivity contribution in [3.63, 3.8) is 0 Å². The fourth-order valence-electron chi connectivity index (χ4n) is 8.09. The molecule has 6 atom stereocenters. The lowest BCUT2D eigenvalue weighted by Crippen LogP contribution is -2.57. The van der Waals surface area contributed by atoms with Gasteiger partial charge in [-0.05, 0) is 104 Å². The highest BCUT2D eigenvalue weighted by Gasteiger charge is 2.68. The first-order valence-electron chi connectivity index (χ1n) is 12.9. The molecule has 0 heterocycles. The molecule has 1 N–H and O–H groups in total. The number of nitrogens with zero attached hydrogens (tertiary/aromatic N) is 1. The molecule has 0 bridgehead atoms. The maximum atomic E-state index is 13.2. The molecule has 2 saturated carbocycles. The largest absolute Gasteiger partial charge is 0.508 e. The van der Waals surface area contributed by atoms with Gasteiger partial charge in [0.05, 0.1) is 0 Å². The number of hydrogen-bond donors (Lipinski definition) is 1. The van der Waals surface area contributed by atoms with Crippen molar-refractivity contribution in [2.45, 2.75) is 70.3 Å². The smallest absolute Gasteiger partial charge is 0.303 e. The van der Waals surface area contributed by atoms with Crippen LogP contribution in [0.25, 0.3) is 0 Å². The van der Waals surface area contributed by atoms with Crippen molar-refractivity contribution in [2.75, 3.05) is 19.0 Å². The number of hydrogen-bond acceptors (Lipinski definition) is 5. The fraction of sp³-hybridized carbons (Fsp3) is 0.533. The standard InChI is InChI=1S/C30H37NO4/c1-18(32)30(35-19(2)33)15-14-27-25-12-8-21-16-23(34)11-13-24(21)28(25)26(17-29(27,30)3)20-6-9-22(10-7-20)31(4)5/h6-7,9-11,13,16,25-28,34H,8,12,14-15,17H2,1-5H3/t25?,26?,27?,28?,29-,30?/m0/s1. The fourth-order valence-corrected chi connectivity index (χ4v) is 8.09. The van der Waals surface area contributed by atoms with Gasteiger partial charge in [-0.2, -0.15) is 0 Å². The number of carbonyl (C=O) groups is 2. The van der Waals surface area contributed by atoms with Gasteiger partial charge < -0.3 is 14.7 Å². The average Bonchev–Trinajstić information content (AvgIpc) is 3.10. The molecule has 3 aliphatic rings. The first-order chi connectivity index (χ1) is 16.6. The van der Waals surface area contributed by atoms with Crippen LogP contribution < -0.4 is 4.90 Å². The van der Waals surface area contributed by atoms with Crippen LogP contribution in [0, 0.1) is 17.3 Å². The Labute approximate surface area is 208 Å². The van der Waals surface area contributed by atoms with E-state index in [9.17, 15) is 14.7 Å². The lowest BCUT2D eigenvalue weighted by molar-refractivity contribution is -0.184. The number of benzene rings is 2. The molecule has 5 unspecified atom stereocenters. The highest BCUT2D eigenvalue weighted by Crippen LogP contribution is 2.68. The van der Waals surface area contributed by atoms with E-state index in [0.717, 1.165) is 31.4 Å². The molecule has 2 aromatic rings. The second-order valence-electron chi connectivity index (χ2n) is 11.4. The van der Waals surface area contributed by atoms with Gasteiger partial charge in [0.1, 0.15) is 5.75 Å². The molecule has 0 saturated heterocycles. The van der Waals surface area contributed by atoms with Gasteiger partial charge in [-0.3, -0.25) is 9.59 Å². The topological polar surface area (TPSA) is 66.8 Å². The van der Waals surface area contributed by atoms with E-state index in [0.29, 0.717) is 29.9 Å². The number of aryl methyl sites for hydroxylation is 1. The molecular formula is C30H37NO4. The van der Waals surface area contributed by atoms with Crippen LogP contribution >= 0.6 is 0 Å². The monoisotopic (exact) mass is 475 g/mol. The third-order valence-electron chi connectivity index (χ3n) is 9.56. The van der Waals surface area contributed by atoms with E-state index in [4.69, 9.17) is 4.74 Å². The number of ketones is 1. The quantitative estimate of drug-likeness (QED) is 0.583. The number of Topliss-reactive ketones (excluding diaryl/α,β-unsaturated/α-hetero) is 1. The second-order valence-corrected chi connectivity index (χ2v) is 11.4. The van der Waals surface area contributed by atoms with E-state index in [1.165, 1.54) is 23.6 Å². The Morgan fingerprint density at radius 1 is 1.06 bits per heavy atom. The van der Waals surface area contributed by atoms with Crippen LogP contribution in [0.1, 0.15) is 75.0 Å². The maximum Gasteiger partial charge on any atom is 0.303 e. The Bertz CT molecular complexity index is 1160. The summed E-state index contributed by atoms with van der Waals surface area (Å²) in [7, 11) is 4.08. The molecule has 0 spiro atoms. The summed E-state index contributed by atoms with van der Waals surface area (Å²) in [5.74, 6) is 1.10. The SMILES string of the molecule is CC(=O)OC1(C(C)=O)CCC2C3CCc4cc(O)ccc4C3C(c3ccc(N(C)C)cc3)C[C@@]21C. The van der Waals surface area contributed by atoms with E-state index in [2.05, 4.69) is 42.2 Å². The number of ether oxygens (including phenoxy) is 1. The normalized spacial score (nSPS) is 33.3. The number of anilines is 1. The zero-order valence-corrected chi connectivity index (χ0v) is 21.5. The third kappa shape index (κ3) is 3.57. The predicted octanol–water partition coefficient (Wildman–Crippen LogP) is 5.60. The molecule has 186 valence electrons. The summed E-state index contributed by atoms with van der Waals surface area (Å²) in [6, 6.07) is 14.6. The molecule has 2 aromatic carbocycles. The van der Waals surface area contributed by atoms with Gasteiger partial charge in [0.25, 0.3) is 0 Å². The Balaban J connectivity index is 1.66. The van der Waals surface area contributed by atoms with Crippen molar-refractivity contribution in [2.24, 2.45) is 17.3 Å². The molecule has 3 aliphatic carbocycles. The van der Waals surface area contributed by atoms with Crippen molar-refractivity contribution >= 4 is 17.4 Å². The van der Waals surface area contributed by atoms with E-state index in [1.807, 2.05) is 26.2 Å². The molecule has 5 rings (SSSR count). The van der Waals surface area contributed by atoms with Crippen LogP contribution in [-0.2, 0) is 20.7 Å². The molecule has 2 fully saturated rings. The van der Waals surface area contributed by atoms with Crippen LogP contribution in [-0.4, -0.2) is 36.6 Å². The van der Waals surface area contributed by atoms with E-state index < -0.39 is 11.0 Å². The van der Waals surface area contributed by atoms with E-state index in [1.54, 1.807) is 6.92 Å². The lowest BCUT2D eigenvalue weighted by Gasteiger charge is -2.56. The summed E-state index contributed by atoms with van der Waals surface area (Å²) in [5, 5.41) is 10.2. The summed E-state index contributed by atoms with van der Waals surface area (Å²) in [4.78, 5) is 27.6. The van der Waals surface area contributed by atoms with Gasteiger partial charge in [0.2, 0.25) is 0 Å². The molecule has 0 radical (unpaired) electrons. The molecule has 0 aromatic heterocycles. The molecule has 0 aliphatic heterocycles. The van der Waals surface area contributed by atoms with Crippen molar-refractivity contribution in [3.8, 4) is 5.75 Å². The van der Waals surface area contributed by atoms with Gasteiger partial charge in [-0.25, -0.2) is 0 Å². The van der Waals surface area contributed by atoms with Gasteiger partial charge in [-0.1, -0.05) is 25.1 Å². The molecular weight excluding hydrogens is 438 g/mol. The summed E-state index contributed by atoms with van der Waals surface area (Å²) < 4.78 is 6.00. The van der Waals surface area contributed by atoms with E-state index in [-0.39, 0.29) is 17.7 Å². The van der Waals surface area contributed by atoms with Crippen LogP contribution in [0.3, 0.4) is 0 Å². The number of fused-ring (bicyclic) bond motifs is 5. The third-order valence-corrected chi connectivity index (χ3v) is 9.56. The molecule has 0 amide bonds. The number of rotatable bonds is 4. The predicted molar refractivity (Wildman–Crippen MR) is 137 cm³/mol. The summed E-state index contributed by atoms with van der Waals surface area (Å²) in [5.41, 5.74) is 3.49.